The fraction of sp³-hybridized carbons (Fsp3) is 0.455. The van der Waals surface area contributed by atoms with Gasteiger partial charge in [0, 0.05) is 30.2 Å². The molecule has 2 fully saturated rings. The van der Waals surface area contributed by atoms with Gasteiger partial charge in [-0.25, -0.2) is 0 Å². The van der Waals surface area contributed by atoms with Crippen molar-refractivity contribution in [1.82, 2.24) is 9.47 Å². The maximum absolute atomic E-state index is 13.3. The van der Waals surface area contributed by atoms with E-state index in [9.17, 15) is 14.7 Å². The number of fused-ring (bicyclic) bond motifs is 2. The molecule has 3 atom stereocenters. The standard InChI is InChI=1S/C22H26N2O3/c1-15-8-10-18(20(26)23(15)2)21(27)24-17-9-11-19(24)22(13-17,14-25)12-16-6-4-3-5-7-16/h3-8,10,17,19,25H,9,11-14H2,1-2H3/t17-,19+,22-/m0/s1. The number of aromatic nitrogens is 1. The van der Waals surface area contributed by atoms with Gasteiger partial charge in [0.25, 0.3) is 11.5 Å². The summed E-state index contributed by atoms with van der Waals surface area (Å²) in [5.41, 5.74) is 1.67. The number of hydrogen-bond donors (Lipinski definition) is 1. The fourth-order valence-corrected chi connectivity index (χ4v) is 5.05. The van der Waals surface area contributed by atoms with Crippen molar-refractivity contribution in [2.24, 2.45) is 12.5 Å². The number of carbonyl (C=O) groups is 1. The van der Waals surface area contributed by atoms with Gasteiger partial charge in [-0.2, -0.15) is 0 Å². The molecule has 1 aromatic heterocycles. The van der Waals surface area contributed by atoms with E-state index in [0.29, 0.717) is 0 Å². The summed E-state index contributed by atoms with van der Waals surface area (Å²) in [5, 5.41) is 10.3. The molecule has 5 nitrogen and oxygen atoms in total. The molecule has 142 valence electrons. The first-order chi connectivity index (χ1) is 13.0. The number of rotatable bonds is 4. The second kappa shape index (κ2) is 6.64. The minimum atomic E-state index is -0.324. The average molecular weight is 366 g/mol. The van der Waals surface area contributed by atoms with Crippen LogP contribution in [0.4, 0.5) is 0 Å². The summed E-state index contributed by atoms with van der Waals surface area (Å²) in [7, 11) is 1.69. The van der Waals surface area contributed by atoms with E-state index in [2.05, 4.69) is 12.1 Å². The van der Waals surface area contributed by atoms with Crippen LogP contribution in [0.15, 0.2) is 47.3 Å². The van der Waals surface area contributed by atoms with E-state index in [4.69, 9.17) is 0 Å². The van der Waals surface area contributed by atoms with Crippen molar-refractivity contribution >= 4 is 5.91 Å². The van der Waals surface area contributed by atoms with Crippen molar-refractivity contribution in [3.05, 3.63) is 69.6 Å². The van der Waals surface area contributed by atoms with E-state index in [1.54, 1.807) is 13.1 Å². The molecule has 1 amide bonds. The van der Waals surface area contributed by atoms with Crippen LogP contribution in [0.25, 0.3) is 0 Å². The van der Waals surface area contributed by atoms with Gasteiger partial charge in [0.2, 0.25) is 0 Å². The van der Waals surface area contributed by atoms with E-state index in [1.807, 2.05) is 36.1 Å². The summed E-state index contributed by atoms with van der Waals surface area (Å²) in [5.74, 6) is -0.188. The van der Waals surface area contributed by atoms with Crippen molar-refractivity contribution in [1.29, 1.82) is 0 Å². The molecule has 2 aromatic rings. The SMILES string of the molecule is Cc1ccc(C(=O)N2[C@H]3CC[C@@H]2[C@@](CO)(Cc2ccccc2)C3)c(=O)n1C. The molecule has 1 aromatic carbocycles. The van der Waals surface area contributed by atoms with E-state index in [1.165, 1.54) is 10.1 Å². The normalized spacial score (nSPS) is 26.6. The van der Waals surface area contributed by atoms with Crippen LogP contribution in [0, 0.1) is 12.3 Å². The highest BCUT2D eigenvalue weighted by Gasteiger charge is 2.57. The van der Waals surface area contributed by atoms with Crippen LogP contribution in [-0.4, -0.2) is 39.2 Å². The zero-order valence-electron chi connectivity index (χ0n) is 15.9. The van der Waals surface area contributed by atoms with Crippen LogP contribution in [-0.2, 0) is 13.5 Å². The molecular formula is C22H26N2O3. The number of benzene rings is 1. The zero-order valence-corrected chi connectivity index (χ0v) is 15.9. The molecule has 2 aliphatic rings. The Kier molecular flexibility index (Phi) is 4.42. The van der Waals surface area contributed by atoms with Gasteiger partial charge < -0.3 is 14.6 Å². The topological polar surface area (TPSA) is 62.5 Å². The van der Waals surface area contributed by atoms with Gasteiger partial charge in [-0.1, -0.05) is 30.3 Å². The maximum atomic E-state index is 13.3. The molecule has 0 saturated carbocycles. The average Bonchev–Trinajstić information content (AvgIpc) is 3.23. The van der Waals surface area contributed by atoms with Crippen LogP contribution >= 0.6 is 0 Å². The van der Waals surface area contributed by atoms with Crippen molar-refractivity contribution in [3.8, 4) is 0 Å². The second-order valence-corrected chi connectivity index (χ2v) is 8.10. The third-order valence-electron chi connectivity index (χ3n) is 6.59. The van der Waals surface area contributed by atoms with Crippen molar-refractivity contribution in [2.75, 3.05) is 6.61 Å². The predicted molar refractivity (Wildman–Crippen MR) is 104 cm³/mol. The Balaban J connectivity index is 1.67. The number of aryl methyl sites for hydroxylation is 1. The third kappa shape index (κ3) is 2.81. The Hall–Kier alpha value is -2.40. The summed E-state index contributed by atoms with van der Waals surface area (Å²) < 4.78 is 1.52. The maximum Gasteiger partial charge on any atom is 0.263 e. The summed E-state index contributed by atoms with van der Waals surface area (Å²) in [6.45, 7) is 1.91. The Morgan fingerprint density at radius 2 is 1.93 bits per heavy atom. The first-order valence-corrected chi connectivity index (χ1v) is 9.61. The lowest BCUT2D eigenvalue weighted by atomic mass is 9.70. The van der Waals surface area contributed by atoms with E-state index < -0.39 is 0 Å². The molecule has 3 heterocycles. The third-order valence-corrected chi connectivity index (χ3v) is 6.59. The highest BCUT2D eigenvalue weighted by Crippen LogP contribution is 2.51. The highest BCUT2D eigenvalue weighted by molar-refractivity contribution is 5.95. The number of aliphatic hydroxyl groups is 1. The van der Waals surface area contributed by atoms with Gasteiger partial charge >= 0.3 is 0 Å². The molecule has 0 unspecified atom stereocenters. The lowest BCUT2D eigenvalue weighted by Gasteiger charge is -2.36. The minimum absolute atomic E-state index is 0.0220. The predicted octanol–water partition coefficient (Wildman–Crippen LogP) is 2.29. The van der Waals surface area contributed by atoms with Gasteiger partial charge in [-0.15, -0.1) is 0 Å². The minimum Gasteiger partial charge on any atom is -0.396 e. The molecule has 5 heteroatoms. The Bertz CT molecular complexity index is 921. The number of aliphatic hydroxyl groups excluding tert-OH is 1. The van der Waals surface area contributed by atoms with Crippen LogP contribution in [0.2, 0.25) is 0 Å². The largest absolute Gasteiger partial charge is 0.396 e. The summed E-state index contributed by atoms with van der Waals surface area (Å²) in [4.78, 5) is 27.8. The fourth-order valence-electron chi connectivity index (χ4n) is 5.05. The van der Waals surface area contributed by atoms with Crippen molar-refractivity contribution < 1.29 is 9.90 Å². The molecule has 4 rings (SSSR count). The quantitative estimate of drug-likeness (QED) is 0.903. The lowest BCUT2D eigenvalue weighted by Crippen LogP contribution is -2.45. The monoisotopic (exact) mass is 366 g/mol. The second-order valence-electron chi connectivity index (χ2n) is 8.10. The Morgan fingerprint density at radius 1 is 1.19 bits per heavy atom. The summed E-state index contributed by atoms with van der Waals surface area (Å²) >= 11 is 0. The number of amides is 1. The first-order valence-electron chi connectivity index (χ1n) is 9.61. The molecule has 27 heavy (non-hydrogen) atoms. The number of nitrogens with zero attached hydrogens (tertiary/aromatic N) is 2. The van der Waals surface area contributed by atoms with E-state index in [-0.39, 0.29) is 41.1 Å². The first kappa shape index (κ1) is 18.0. The molecule has 2 bridgehead atoms. The number of pyridine rings is 1. The smallest absolute Gasteiger partial charge is 0.263 e. The van der Waals surface area contributed by atoms with Crippen molar-refractivity contribution in [3.63, 3.8) is 0 Å². The highest BCUT2D eigenvalue weighted by atomic mass is 16.3. The van der Waals surface area contributed by atoms with Gasteiger partial charge in [-0.05, 0) is 50.3 Å². The lowest BCUT2D eigenvalue weighted by molar-refractivity contribution is 0.0569. The van der Waals surface area contributed by atoms with E-state index >= 15 is 0 Å². The number of carbonyl (C=O) groups excluding carboxylic acids is 1. The molecular weight excluding hydrogens is 340 g/mol. The molecule has 0 aliphatic carbocycles. The Labute approximate surface area is 159 Å². The van der Waals surface area contributed by atoms with E-state index in [0.717, 1.165) is 31.4 Å². The summed E-state index contributed by atoms with van der Waals surface area (Å²) in [6, 6.07) is 13.7. The van der Waals surface area contributed by atoms with Gasteiger partial charge in [-0.3, -0.25) is 9.59 Å². The Morgan fingerprint density at radius 3 is 2.63 bits per heavy atom. The zero-order chi connectivity index (χ0) is 19.2. The molecule has 2 saturated heterocycles. The molecule has 1 N–H and O–H groups in total. The van der Waals surface area contributed by atoms with Gasteiger partial charge in [0.1, 0.15) is 5.56 Å². The van der Waals surface area contributed by atoms with Crippen LogP contribution in [0.5, 0.6) is 0 Å². The van der Waals surface area contributed by atoms with Gasteiger partial charge in [0.15, 0.2) is 0 Å². The molecule has 0 radical (unpaired) electrons. The number of hydrogen-bond acceptors (Lipinski definition) is 3. The van der Waals surface area contributed by atoms with Crippen LogP contribution in [0.3, 0.4) is 0 Å². The summed E-state index contributed by atoms with van der Waals surface area (Å²) in [6.07, 6.45) is 3.37. The molecule has 0 spiro atoms. The van der Waals surface area contributed by atoms with Crippen LogP contribution < -0.4 is 5.56 Å². The van der Waals surface area contributed by atoms with Crippen molar-refractivity contribution in [2.45, 2.75) is 44.7 Å². The molecule has 2 aliphatic heterocycles. The van der Waals surface area contributed by atoms with Gasteiger partial charge in [0.05, 0.1) is 6.61 Å². The van der Waals surface area contributed by atoms with Crippen LogP contribution in [0.1, 0.15) is 40.9 Å².